The number of nitrogens with two attached hydrogens (primary N) is 1. The molecule has 0 radical (unpaired) electrons. The van der Waals surface area contributed by atoms with Crippen LogP contribution in [0.25, 0.3) is 0 Å². The molecule has 0 amide bonds. The molecule has 0 bridgehead atoms. The van der Waals surface area contributed by atoms with E-state index in [1.165, 1.54) is 6.42 Å². The average Bonchev–Trinajstić information content (AvgIpc) is 2.33. The van der Waals surface area contributed by atoms with Crippen LogP contribution >= 0.6 is 0 Å². The second-order valence-electron chi connectivity index (χ2n) is 3.23. The molecule has 1 rings (SSSR count). The fourth-order valence-corrected chi connectivity index (χ4v) is 1.35. The van der Waals surface area contributed by atoms with Gasteiger partial charge >= 0.3 is 0 Å². The normalized spacial score (nSPS) is 33.0. The lowest BCUT2D eigenvalue weighted by Crippen LogP contribution is -2.39. The summed E-state index contributed by atoms with van der Waals surface area (Å²) in [5, 5.41) is 6.67. The van der Waals surface area contributed by atoms with Gasteiger partial charge in [-0.25, -0.2) is 0 Å². The van der Waals surface area contributed by atoms with Crippen LogP contribution in [0.15, 0.2) is 0 Å². The van der Waals surface area contributed by atoms with Crippen molar-refractivity contribution in [3.63, 3.8) is 0 Å². The van der Waals surface area contributed by atoms with Crippen LogP contribution in [0, 0.1) is 0 Å². The van der Waals surface area contributed by atoms with E-state index in [-0.39, 0.29) is 0 Å². The minimum Gasteiger partial charge on any atom is -0.330 e. The molecule has 0 aliphatic carbocycles. The van der Waals surface area contributed by atoms with Crippen LogP contribution in [0.1, 0.15) is 19.8 Å². The Morgan fingerprint density at radius 2 is 2.40 bits per heavy atom. The highest BCUT2D eigenvalue weighted by Gasteiger charge is 2.26. The van der Waals surface area contributed by atoms with Gasteiger partial charge in [0, 0.05) is 18.8 Å². The molecule has 1 saturated heterocycles. The first kappa shape index (κ1) is 7.98. The molecule has 3 nitrogen and oxygen atoms in total. The highest BCUT2D eigenvalue weighted by Crippen LogP contribution is 2.12. The Hall–Kier alpha value is -0.120. The third-order valence-electron chi connectivity index (χ3n) is 2.09. The quantitative estimate of drug-likeness (QED) is 0.505. The number of hydrogen-bond donors (Lipinski definition) is 3. The van der Waals surface area contributed by atoms with Crippen LogP contribution < -0.4 is 16.4 Å². The molecule has 3 heteroatoms. The standard InChI is InChI=1S/C7H17N3/c1-7(3-2-4-8)5-9-6-10-7/h9-10H,2-6,8H2,1H3. The zero-order valence-electron chi connectivity index (χ0n) is 6.61. The van der Waals surface area contributed by atoms with Crippen molar-refractivity contribution in [2.75, 3.05) is 19.8 Å². The summed E-state index contributed by atoms with van der Waals surface area (Å²) in [6, 6.07) is 0. The molecule has 0 saturated carbocycles. The van der Waals surface area contributed by atoms with Crippen LogP contribution in [-0.4, -0.2) is 25.3 Å². The molecule has 0 spiro atoms. The topological polar surface area (TPSA) is 50.1 Å². The van der Waals surface area contributed by atoms with Gasteiger partial charge in [0.05, 0.1) is 0 Å². The molecule has 1 heterocycles. The maximum absolute atomic E-state index is 5.42. The fraction of sp³-hybridized carbons (Fsp3) is 1.00. The van der Waals surface area contributed by atoms with Gasteiger partial charge in [-0.3, -0.25) is 5.32 Å². The van der Waals surface area contributed by atoms with Crippen LogP contribution in [0.3, 0.4) is 0 Å². The predicted octanol–water partition coefficient (Wildman–Crippen LogP) is -0.366. The smallest absolute Gasteiger partial charge is 0.0459 e. The summed E-state index contributed by atoms with van der Waals surface area (Å²) in [5.41, 5.74) is 5.72. The van der Waals surface area contributed by atoms with Crippen molar-refractivity contribution in [2.24, 2.45) is 5.73 Å². The summed E-state index contributed by atoms with van der Waals surface area (Å²) in [6.45, 7) is 5.06. The Morgan fingerprint density at radius 1 is 1.60 bits per heavy atom. The summed E-state index contributed by atoms with van der Waals surface area (Å²) in [7, 11) is 0. The van der Waals surface area contributed by atoms with E-state index < -0.39 is 0 Å². The molecule has 1 aliphatic rings. The summed E-state index contributed by atoms with van der Waals surface area (Å²) >= 11 is 0. The zero-order valence-corrected chi connectivity index (χ0v) is 6.61. The van der Waals surface area contributed by atoms with E-state index in [0.717, 1.165) is 26.2 Å². The first-order valence-corrected chi connectivity index (χ1v) is 3.93. The van der Waals surface area contributed by atoms with Gasteiger partial charge in [-0.05, 0) is 26.3 Å². The first-order valence-electron chi connectivity index (χ1n) is 3.93. The van der Waals surface area contributed by atoms with E-state index >= 15 is 0 Å². The van der Waals surface area contributed by atoms with E-state index in [9.17, 15) is 0 Å². The minimum absolute atomic E-state index is 0.305. The first-order chi connectivity index (χ1) is 4.77. The molecule has 1 fully saturated rings. The molecule has 0 aromatic carbocycles. The summed E-state index contributed by atoms with van der Waals surface area (Å²) in [6.07, 6.45) is 2.29. The third kappa shape index (κ3) is 1.94. The van der Waals surface area contributed by atoms with Gasteiger partial charge in [-0.2, -0.15) is 0 Å². The number of nitrogens with one attached hydrogen (secondary N) is 2. The molecule has 1 unspecified atom stereocenters. The predicted molar refractivity (Wildman–Crippen MR) is 42.7 cm³/mol. The monoisotopic (exact) mass is 143 g/mol. The van der Waals surface area contributed by atoms with Crippen molar-refractivity contribution in [1.82, 2.24) is 10.6 Å². The Balaban J connectivity index is 2.22. The van der Waals surface area contributed by atoms with E-state index in [0.29, 0.717) is 5.54 Å². The largest absolute Gasteiger partial charge is 0.330 e. The van der Waals surface area contributed by atoms with E-state index in [4.69, 9.17) is 5.73 Å². The fourth-order valence-electron chi connectivity index (χ4n) is 1.35. The average molecular weight is 143 g/mol. The maximum atomic E-state index is 5.42. The number of hydrogen-bond acceptors (Lipinski definition) is 3. The molecular formula is C7H17N3. The Bertz CT molecular complexity index is 97.0. The van der Waals surface area contributed by atoms with Crippen molar-refractivity contribution in [3.8, 4) is 0 Å². The SMILES string of the molecule is CC1(CCCN)CNCN1. The highest BCUT2D eigenvalue weighted by molar-refractivity contribution is 4.89. The van der Waals surface area contributed by atoms with Gasteiger partial charge in [-0.15, -0.1) is 0 Å². The molecule has 1 aliphatic heterocycles. The van der Waals surface area contributed by atoms with Gasteiger partial charge in [0.15, 0.2) is 0 Å². The zero-order chi connectivity index (χ0) is 7.45. The molecule has 60 valence electrons. The highest BCUT2D eigenvalue weighted by atomic mass is 15.2. The molecule has 0 aromatic heterocycles. The Labute approximate surface area is 62.4 Å². The third-order valence-corrected chi connectivity index (χ3v) is 2.09. The Morgan fingerprint density at radius 3 is 2.90 bits per heavy atom. The van der Waals surface area contributed by atoms with Crippen LogP contribution in [-0.2, 0) is 0 Å². The number of rotatable bonds is 3. The van der Waals surface area contributed by atoms with Crippen LogP contribution in [0.2, 0.25) is 0 Å². The second-order valence-corrected chi connectivity index (χ2v) is 3.23. The van der Waals surface area contributed by atoms with Gasteiger partial charge < -0.3 is 11.1 Å². The van der Waals surface area contributed by atoms with Crippen molar-refractivity contribution in [3.05, 3.63) is 0 Å². The van der Waals surface area contributed by atoms with Gasteiger partial charge in [0.25, 0.3) is 0 Å². The lowest BCUT2D eigenvalue weighted by molar-refractivity contribution is 0.397. The van der Waals surface area contributed by atoms with Gasteiger partial charge in [0.1, 0.15) is 0 Å². The minimum atomic E-state index is 0.305. The van der Waals surface area contributed by atoms with Crippen molar-refractivity contribution in [2.45, 2.75) is 25.3 Å². The van der Waals surface area contributed by atoms with Crippen LogP contribution in [0.4, 0.5) is 0 Å². The molecule has 10 heavy (non-hydrogen) atoms. The van der Waals surface area contributed by atoms with Gasteiger partial charge in [0.2, 0.25) is 0 Å². The van der Waals surface area contributed by atoms with E-state index in [1.54, 1.807) is 0 Å². The van der Waals surface area contributed by atoms with Crippen molar-refractivity contribution < 1.29 is 0 Å². The lowest BCUT2D eigenvalue weighted by atomic mass is 9.97. The molecular weight excluding hydrogens is 126 g/mol. The Kier molecular flexibility index (Phi) is 2.65. The van der Waals surface area contributed by atoms with E-state index in [2.05, 4.69) is 17.6 Å². The van der Waals surface area contributed by atoms with E-state index in [1.807, 2.05) is 0 Å². The van der Waals surface area contributed by atoms with Gasteiger partial charge in [-0.1, -0.05) is 0 Å². The van der Waals surface area contributed by atoms with Crippen LogP contribution in [0.5, 0.6) is 0 Å². The summed E-state index contributed by atoms with van der Waals surface area (Å²) in [5.74, 6) is 0. The molecule has 4 N–H and O–H groups in total. The maximum Gasteiger partial charge on any atom is 0.0459 e. The second kappa shape index (κ2) is 3.32. The lowest BCUT2D eigenvalue weighted by Gasteiger charge is -2.22. The summed E-state index contributed by atoms with van der Waals surface area (Å²) < 4.78 is 0. The molecule has 1 atom stereocenters. The van der Waals surface area contributed by atoms with Crippen molar-refractivity contribution >= 4 is 0 Å². The molecule has 0 aromatic rings. The van der Waals surface area contributed by atoms with Crippen molar-refractivity contribution in [1.29, 1.82) is 0 Å². The summed E-state index contributed by atoms with van der Waals surface area (Å²) in [4.78, 5) is 0.